The summed E-state index contributed by atoms with van der Waals surface area (Å²) in [6, 6.07) is 0. The number of carboxylic acid groups (broad SMARTS) is 1. The highest BCUT2D eigenvalue weighted by Crippen LogP contribution is 2.40. The topological polar surface area (TPSA) is 63.6 Å². The van der Waals surface area contributed by atoms with E-state index in [0.717, 1.165) is 0 Å². The first-order valence-electron chi connectivity index (χ1n) is 7.18. The summed E-state index contributed by atoms with van der Waals surface area (Å²) in [5.74, 6) is -0.881. The third-order valence-corrected chi connectivity index (χ3v) is 8.89. The maximum atomic E-state index is 11.8. The lowest BCUT2D eigenvalue weighted by atomic mass is 9.84. The molecule has 0 rings (SSSR count). The number of hydrogen-bond donors (Lipinski definition) is 1. The van der Waals surface area contributed by atoms with Gasteiger partial charge >= 0.3 is 5.97 Å². The van der Waals surface area contributed by atoms with Crippen LogP contribution in [0.4, 0.5) is 0 Å². The van der Waals surface area contributed by atoms with Gasteiger partial charge in [-0.05, 0) is 32.0 Å². The van der Waals surface area contributed by atoms with E-state index in [1.54, 1.807) is 20.8 Å². The molecule has 0 amide bonds. The first-order chi connectivity index (χ1) is 8.75. The Hall–Kier alpha value is -0.683. The monoisotopic (exact) mass is 302 g/mol. The SMILES string of the molecule is CCC(=O)CC(O[Si](C)(C)C(C)(C)C)C(C)(C)C(=O)O. The molecule has 0 saturated carbocycles. The molecule has 1 atom stereocenters. The van der Waals surface area contributed by atoms with Crippen LogP contribution in [0, 0.1) is 5.41 Å². The Labute approximate surface area is 124 Å². The number of Topliss-reactive ketones (excluding diaryl/α,β-unsaturated/α-hetero) is 1. The van der Waals surface area contributed by atoms with E-state index in [1.165, 1.54) is 0 Å². The third kappa shape index (κ3) is 4.70. The molecule has 0 aliphatic heterocycles. The highest BCUT2D eigenvalue weighted by Gasteiger charge is 2.46. The van der Waals surface area contributed by atoms with Crippen molar-refractivity contribution in [3.63, 3.8) is 0 Å². The molecule has 118 valence electrons. The van der Waals surface area contributed by atoms with Gasteiger partial charge in [-0.1, -0.05) is 27.7 Å². The number of rotatable bonds is 7. The van der Waals surface area contributed by atoms with E-state index < -0.39 is 25.8 Å². The molecule has 0 radical (unpaired) electrons. The van der Waals surface area contributed by atoms with Crippen LogP contribution in [0.5, 0.6) is 0 Å². The van der Waals surface area contributed by atoms with Crippen LogP contribution in [-0.2, 0) is 14.0 Å². The van der Waals surface area contributed by atoms with Crippen LogP contribution < -0.4 is 0 Å². The van der Waals surface area contributed by atoms with Crippen molar-refractivity contribution in [3.8, 4) is 0 Å². The van der Waals surface area contributed by atoms with Gasteiger partial charge in [0.15, 0.2) is 8.32 Å². The second-order valence-electron chi connectivity index (χ2n) is 7.49. The molecule has 1 N–H and O–H groups in total. The molecule has 0 fully saturated rings. The minimum atomic E-state index is -2.12. The van der Waals surface area contributed by atoms with Crippen LogP contribution in [0.15, 0.2) is 0 Å². The summed E-state index contributed by atoms with van der Waals surface area (Å²) in [5.41, 5.74) is -1.07. The lowest BCUT2D eigenvalue weighted by molar-refractivity contribution is -0.153. The summed E-state index contributed by atoms with van der Waals surface area (Å²) < 4.78 is 6.24. The van der Waals surface area contributed by atoms with E-state index in [9.17, 15) is 14.7 Å². The van der Waals surface area contributed by atoms with E-state index in [0.29, 0.717) is 6.42 Å². The molecule has 4 nitrogen and oxygen atoms in total. The first kappa shape index (κ1) is 19.3. The second kappa shape index (κ2) is 6.39. The van der Waals surface area contributed by atoms with Crippen molar-refractivity contribution < 1.29 is 19.1 Å². The summed E-state index contributed by atoms with van der Waals surface area (Å²) in [6.45, 7) is 15.5. The number of carbonyl (C=O) groups excluding carboxylic acids is 1. The number of hydrogen-bond acceptors (Lipinski definition) is 3. The Kier molecular flexibility index (Phi) is 6.17. The largest absolute Gasteiger partial charge is 0.481 e. The maximum absolute atomic E-state index is 11.8. The predicted molar refractivity (Wildman–Crippen MR) is 83.4 cm³/mol. The lowest BCUT2D eigenvalue weighted by Gasteiger charge is -2.42. The summed E-state index contributed by atoms with van der Waals surface area (Å²) >= 11 is 0. The van der Waals surface area contributed by atoms with Crippen molar-refractivity contribution in [1.82, 2.24) is 0 Å². The molecule has 0 aliphatic rings. The number of aliphatic carboxylic acids is 1. The highest BCUT2D eigenvalue weighted by atomic mass is 28.4. The average molecular weight is 302 g/mol. The summed E-state index contributed by atoms with van der Waals surface area (Å²) in [7, 11) is -2.12. The van der Waals surface area contributed by atoms with Crippen molar-refractivity contribution in [2.24, 2.45) is 5.41 Å². The Morgan fingerprint density at radius 3 is 1.90 bits per heavy atom. The van der Waals surface area contributed by atoms with Crippen molar-refractivity contribution in [3.05, 3.63) is 0 Å². The Bertz CT molecular complexity index is 367. The van der Waals surface area contributed by atoms with Crippen molar-refractivity contribution in [2.45, 2.75) is 78.6 Å². The van der Waals surface area contributed by atoms with Crippen LogP contribution in [0.2, 0.25) is 18.1 Å². The van der Waals surface area contributed by atoms with E-state index in [1.807, 2.05) is 0 Å². The Morgan fingerprint density at radius 2 is 1.60 bits per heavy atom. The molecule has 0 heterocycles. The van der Waals surface area contributed by atoms with E-state index in [-0.39, 0.29) is 17.2 Å². The van der Waals surface area contributed by atoms with Crippen molar-refractivity contribution >= 4 is 20.1 Å². The predicted octanol–water partition coefficient (Wildman–Crippen LogP) is 3.86. The summed E-state index contributed by atoms with van der Waals surface area (Å²) in [5, 5.41) is 9.40. The van der Waals surface area contributed by atoms with Crippen LogP contribution >= 0.6 is 0 Å². The van der Waals surface area contributed by atoms with Gasteiger partial charge in [-0.15, -0.1) is 0 Å². The zero-order chi connectivity index (χ0) is 16.4. The molecule has 1 unspecified atom stereocenters. The molecule has 0 bridgehead atoms. The molecule has 20 heavy (non-hydrogen) atoms. The fourth-order valence-corrected chi connectivity index (χ4v) is 2.91. The van der Waals surface area contributed by atoms with Gasteiger partial charge in [0.1, 0.15) is 5.78 Å². The van der Waals surface area contributed by atoms with Gasteiger partial charge in [-0.25, -0.2) is 0 Å². The average Bonchev–Trinajstić information content (AvgIpc) is 2.25. The summed E-state index contributed by atoms with van der Waals surface area (Å²) in [4.78, 5) is 23.3. The van der Waals surface area contributed by atoms with Crippen molar-refractivity contribution in [2.75, 3.05) is 0 Å². The van der Waals surface area contributed by atoms with Crippen LogP contribution in [0.1, 0.15) is 54.4 Å². The highest BCUT2D eigenvalue weighted by molar-refractivity contribution is 6.74. The summed E-state index contributed by atoms with van der Waals surface area (Å²) in [6.07, 6.45) is 0.00313. The third-order valence-electron chi connectivity index (χ3n) is 4.41. The molecular weight excluding hydrogens is 272 g/mol. The molecule has 0 spiro atoms. The van der Waals surface area contributed by atoms with Gasteiger partial charge in [0.05, 0.1) is 11.5 Å². The standard InChI is InChI=1S/C15H30O4Si/c1-9-11(16)10-12(15(5,6)13(17)18)19-20(7,8)14(2,3)4/h12H,9-10H2,1-8H3,(H,17,18). The quantitative estimate of drug-likeness (QED) is 0.725. The van der Waals surface area contributed by atoms with Crippen molar-refractivity contribution in [1.29, 1.82) is 0 Å². The first-order valence-corrected chi connectivity index (χ1v) is 10.1. The van der Waals surface area contributed by atoms with Gasteiger partial charge in [0.25, 0.3) is 0 Å². The van der Waals surface area contributed by atoms with Crippen LogP contribution in [0.3, 0.4) is 0 Å². The molecule has 0 aromatic rings. The zero-order valence-corrected chi connectivity index (χ0v) is 15.2. The lowest BCUT2D eigenvalue weighted by Crippen LogP contribution is -2.50. The number of carboxylic acids is 1. The van der Waals surface area contributed by atoms with E-state index in [2.05, 4.69) is 33.9 Å². The van der Waals surface area contributed by atoms with Gasteiger partial charge < -0.3 is 9.53 Å². The van der Waals surface area contributed by atoms with Gasteiger partial charge in [0.2, 0.25) is 0 Å². The second-order valence-corrected chi connectivity index (χ2v) is 12.2. The van der Waals surface area contributed by atoms with Crippen LogP contribution in [0.25, 0.3) is 0 Å². The molecular formula is C15H30O4Si. The Morgan fingerprint density at radius 1 is 1.15 bits per heavy atom. The molecule has 0 aliphatic carbocycles. The van der Waals surface area contributed by atoms with Gasteiger partial charge in [0, 0.05) is 12.8 Å². The van der Waals surface area contributed by atoms with Gasteiger partial charge in [-0.3, -0.25) is 9.59 Å². The number of ketones is 1. The van der Waals surface area contributed by atoms with Crippen LogP contribution in [-0.4, -0.2) is 31.3 Å². The van der Waals surface area contributed by atoms with E-state index >= 15 is 0 Å². The normalized spacial score (nSPS) is 15.0. The maximum Gasteiger partial charge on any atom is 0.311 e. The fraction of sp³-hybridized carbons (Fsp3) is 0.867. The minimum Gasteiger partial charge on any atom is -0.481 e. The Balaban J connectivity index is 5.36. The molecule has 5 heteroatoms. The molecule has 0 aromatic carbocycles. The smallest absolute Gasteiger partial charge is 0.311 e. The molecule has 0 saturated heterocycles. The molecule has 0 aromatic heterocycles. The van der Waals surface area contributed by atoms with E-state index in [4.69, 9.17) is 4.43 Å². The minimum absolute atomic E-state index is 0.0188. The fourth-order valence-electron chi connectivity index (χ4n) is 1.47. The zero-order valence-electron chi connectivity index (χ0n) is 14.2. The van der Waals surface area contributed by atoms with Gasteiger partial charge in [-0.2, -0.15) is 0 Å². The number of carbonyl (C=O) groups is 2.